The molecule has 0 saturated heterocycles. The van der Waals surface area contributed by atoms with Crippen molar-refractivity contribution in [1.82, 2.24) is 0 Å². The lowest BCUT2D eigenvalue weighted by atomic mass is 9.85. The van der Waals surface area contributed by atoms with E-state index in [0.29, 0.717) is 4.88 Å². The third-order valence-corrected chi connectivity index (χ3v) is 4.16. The van der Waals surface area contributed by atoms with Gasteiger partial charge < -0.3 is 10.2 Å². The molecule has 2 N–H and O–H groups in total. The highest BCUT2D eigenvalue weighted by Crippen LogP contribution is 2.42. The molecule has 1 aliphatic rings. The first-order valence-electron chi connectivity index (χ1n) is 5.15. The van der Waals surface area contributed by atoms with E-state index in [1.54, 1.807) is 17.5 Å². The van der Waals surface area contributed by atoms with E-state index in [4.69, 9.17) is 0 Å². The maximum absolute atomic E-state index is 11.3. The fourth-order valence-electron chi connectivity index (χ4n) is 2.32. The fourth-order valence-corrected chi connectivity index (χ4v) is 3.21. The number of rotatable bonds is 3. The van der Waals surface area contributed by atoms with Crippen LogP contribution in [0, 0.1) is 5.92 Å². The van der Waals surface area contributed by atoms with E-state index in [2.05, 4.69) is 0 Å². The van der Waals surface area contributed by atoms with Crippen molar-refractivity contribution in [3.05, 3.63) is 22.4 Å². The lowest BCUT2D eigenvalue weighted by Gasteiger charge is -2.28. The summed E-state index contributed by atoms with van der Waals surface area (Å²) in [4.78, 5) is 11.8. The van der Waals surface area contributed by atoms with Gasteiger partial charge >= 0.3 is 5.97 Å². The normalized spacial score (nSPS) is 21.4. The van der Waals surface area contributed by atoms with Crippen molar-refractivity contribution >= 4 is 17.3 Å². The summed E-state index contributed by atoms with van der Waals surface area (Å²) >= 11 is 1.31. The minimum Gasteiger partial charge on any atom is -0.479 e. The van der Waals surface area contributed by atoms with Crippen molar-refractivity contribution in [2.45, 2.75) is 31.3 Å². The Kier molecular flexibility index (Phi) is 2.80. The molecule has 15 heavy (non-hydrogen) atoms. The van der Waals surface area contributed by atoms with Crippen molar-refractivity contribution in [3.8, 4) is 0 Å². The van der Waals surface area contributed by atoms with Crippen LogP contribution in [-0.4, -0.2) is 16.2 Å². The smallest absolute Gasteiger partial charge is 0.341 e. The van der Waals surface area contributed by atoms with E-state index in [0.717, 1.165) is 25.7 Å². The minimum absolute atomic E-state index is 0.131. The number of aliphatic hydroxyl groups is 1. The van der Waals surface area contributed by atoms with Crippen LogP contribution < -0.4 is 0 Å². The van der Waals surface area contributed by atoms with E-state index in [1.807, 2.05) is 0 Å². The zero-order valence-electron chi connectivity index (χ0n) is 8.35. The molecule has 1 saturated carbocycles. The quantitative estimate of drug-likeness (QED) is 0.830. The number of aliphatic carboxylic acids is 1. The summed E-state index contributed by atoms with van der Waals surface area (Å²) in [5.41, 5.74) is -1.66. The highest BCUT2D eigenvalue weighted by molar-refractivity contribution is 7.10. The van der Waals surface area contributed by atoms with Gasteiger partial charge in [-0.15, -0.1) is 11.3 Å². The van der Waals surface area contributed by atoms with Gasteiger partial charge in [-0.3, -0.25) is 0 Å². The Bertz CT molecular complexity index is 341. The number of carbonyl (C=O) groups is 1. The summed E-state index contributed by atoms with van der Waals surface area (Å²) in [5.74, 6) is -1.24. The first-order valence-corrected chi connectivity index (χ1v) is 6.03. The molecule has 3 nitrogen and oxygen atoms in total. The van der Waals surface area contributed by atoms with Gasteiger partial charge in [0.1, 0.15) is 0 Å². The van der Waals surface area contributed by atoms with Gasteiger partial charge in [0.2, 0.25) is 0 Å². The number of carboxylic acids is 1. The molecule has 4 heteroatoms. The van der Waals surface area contributed by atoms with Gasteiger partial charge in [0.25, 0.3) is 0 Å². The van der Waals surface area contributed by atoms with Gasteiger partial charge in [-0.05, 0) is 24.3 Å². The maximum atomic E-state index is 11.3. The van der Waals surface area contributed by atoms with Crippen LogP contribution in [0.2, 0.25) is 0 Å². The largest absolute Gasteiger partial charge is 0.479 e. The van der Waals surface area contributed by atoms with E-state index in [9.17, 15) is 15.0 Å². The molecule has 1 aliphatic carbocycles. The molecule has 0 radical (unpaired) electrons. The third kappa shape index (κ3) is 1.68. The van der Waals surface area contributed by atoms with E-state index >= 15 is 0 Å². The molecular formula is C11H14O3S. The molecule has 0 aromatic carbocycles. The topological polar surface area (TPSA) is 57.5 Å². The van der Waals surface area contributed by atoms with Gasteiger partial charge in [0.15, 0.2) is 5.60 Å². The molecule has 1 heterocycles. The summed E-state index contributed by atoms with van der Waals surface area (Å²) in [6.45, 7) is 0. The van der Waals surface area contributed by atoms with Crippen molar-refractivity contribution in [2.24, 2.45) is 5.92 Å². The summed E-state index contributed by atoms with van der Waals surface area (Å²) in [7, 11) is 0. The second-order valence-corrected chi connectivity index (χ2v) is 4.98. The van der Waals surface area contributed by atoms with Crippen LogP contribution in [0.1, 0.15) is 30.6 Å². The van der Waals surface area contributed by atoms with Gasteiger partial charge in [-0.2, -0.15) is 0 Å². The van der Waals surface area contributed by atoms with Crippen LogP contribution in [-0.2, 0) is 10.4 Å². The van der Waals surface area contributed by atoms with Gasteiger partial charge in [0.05, 0.1) is 0 Å². The molecule has 2 rings (SSSR count). The Hall–Kier alpha value is -0.870. The van der Waals surface area contributed by atoms with Crippen LogP contribution >= 0.6 is 11.3 Å². The predicted octanol–water partition coefficient (Wildman–Crippen LogP) is 2.21. The molecule has 1 unspecified atom stereocenters. The fraction of sp³-hybridized carbons (Fsp3) is 0.545. The molecular weight excluding hydrogens is 212 g/mol. The second kappa shape index (κ2) is 3.94. The number of carboxylic acid groups (broad SMARTS) is 1. The summed E-state index contributed by atoms with van der Waals surface area (Å²) in [5, 5.41) is 21.4. The van der Waals surface area contributed by atoms with Gasteiger partial charge in [-0.1, -0.05) is 18.9 Å². The Morgan fingerprint density at radius 2 is 2.13 bits per heavy atom. The Morgan fingerprint density at radius 3 is 2.60 bits per heavy atom. The Labute approximate surface area is 92.4 Å². The molecule has 0 bridgehead atoms. The molecule has 82 valence electrons. The average Bonchev–Trinajstić information content (AvgIpc) is 2.89. The summed E-state index contributed by atoms with van der Waals surface area (Å²) in [6, 6.07) is 3.49. The SMILES string of the molecule is O=C(O)C(O)(c1cccs1)C1CCCC1. The first kappa shape index (κ1) is 10.6. The average molecular weight is 226 g/mol. The monoisotopic (exact) mass is 226 g/mol. The number of hydrogen-bond donors (Lipinski definition) is 2. The van der Waals surface area contributed by atoms with Gasteiger partial charge in [0, 0.05) is 10.8 Å². The Morgan fingerprint density at radius 1 is 1.47 bits per heavy atom. The standard InChI is InChI=1S/C11H14O3S/c12-10(13)11(14,8-4-1-2-5-8)9-6-3-7-15-9/h3,6-8,14H,1-2,4-5H2,(H,12,13). The van der Waals surface area contributed by atoms with E-state index < -0.39 is 11.6 Å². The lowest BCUT2D eigenvalue weighted by Crippen LogP contribution is -2.41. The molecule has 0 aliphatic heterocycles. The number of thiophene rings is 1. The van der Waals surface area contributed by atoms with Crippen molar-refractivity contribution in [1.29, 1.82) is 0 Å². The molecule has 1 aromatic heterocycles. The van der Waals surface area contributed by atoms with Crippen LogP contribution in [0.5, 0.6) is 0 Å². The molecule has 1 aromatic rings. The van der Waals surface area contributed by atoms with E-state index in [1.165, 1.54) is 11.3 Å². The van der Waals surface area contributed by atoms with Crippen molar-refractivity contribution < 1.29 is 15.0 Å². The third-order valence-electron chi connectivity index (χ3n) is 3.17. The predicted molar refractivity (Wildman–Crippen MR) is 57.8 cm³/mol. The molecule has 0 spiro atoms. The van der Waals surface area contributed by atoms with Gasteiger partial charge in [-0.25, -0.2) is 4.79 Å². The minimum atomic E-state index is -1.66. The second-order valence-electron chi connectivity index (χ2n) is 4.03. The molecule has 1 fully saturated rings. The summed E-state index contributed by atoms with van der Waals surface area (Å²) < 4.78 is 0. The van der Waals surface area contributed by atoms with Crippen LogP contribution in [0.3, 0.4) is 0 Å². The highest BCUT2D eigenvalue weighted by Gasteiger charge is 2.47. The zero-order chi connectivity index (χ0) is 10.9. The van der Waals surface area contributed by atoms with Crippen molar-refractivity contribution in [3.63, 3.8) is 0 Å². The first-order chi connectivity index (χ1) is 7.15. The van der Waals surface area contributed by atoms with Crippen LogP contribution in [0.25, 0.3) is 0 Å². The van der Waals surface area contributed by atoms with Crippen LogP contribution in [0.4, 0.5) is 0 Å². The highest BCUT2D eigenvalue weighted by atomic mass is 32.1. The zero-order valence-corrected chi connectivity index (χ0v) is 9.17. The van der Waals surface area contributed by atoms with E-state index in [-0.39, 0.29) is 5.92 Å². The lowest BCUT2D eigenvalue weighted by molar-refractivity contribution is -0.166. The maximum Gasteiger partial charge on any atom is 0.341 e. The van der Waals surface area contributed by atoms with Crippen LogP contribution in [0.15, 0.2) is 17.5 Å². The van der Waals surface area contributed by atoms with Crippen molar-refractivity contribution in [2.75, 3.05) is 0 Å². The Balaban J connectivity index is 2.35. The number of hydrogen-bond acceptors (Lipinski definition) is 3. The summed E-state index contributed by atoms with van der Waals surface area (Å²) in [6.07, 6.45) is 3.65. The molecule has 0 amide bonds. The molecule has 1 atom stereocenters.